The van der Waals surface area contributed by atoms with Crippen LogP contribution >= 0.6 is 15.9 Å². The molecule has 0 amide bonds. The van der Waals surface area contributed by atoms with Gasteiger partial charge in [-0.1, -0.05) is 13.0 Å². The second kappa shape index (κ2) is 6.04. The SMILES string of the molecule is CC1CN(c2ccc(CNC3CC3)cc2Br)CCC1O. The Morgan fingerprint density at radius 1 is 1.35 bits per heavy atom. The van der Waals surface area contributed by atoms with Crippen molar-refractivity contribution in [2.75, 3.05) is 18.0 Å². The van der Waals surface area contributed by atoms with Gasteiger partial charge in [0, 0.05) is 30.1 Å². The predicted octanol–water partition coefficient (Wildman–Crippen LogP) is 2.91. The molecule has 3 rings (SSSR count). The maximum absolute atomic E-state index is 9.84. The number of nitrogens with zero attached hydrogens (tertiary/aromatic N) is 1. The second-order valence-corrected chi connectivity index (χ2v) is 7.07. The highest BCUT2D eigenvalue weighted by Crippen LogP contribution is 2.31. The Kier molecular flexibility index (Phi) is 4.34. The van der Waals surface area contributed by atoms with Gasteiger partial charge in [-0.3, -0.25) is 0 Å². The van der Waals surface area contributed by atoms with Crippen LogP contribution in [0.25, 0.3) is 0 Å². The van der Waals surface area contributed by atoms with Gasteiger partial charge >= 0.3 is 0 Å². The van der Waals surface area contributed by atoms with Crippen molar-refractivity contribution in [1.29, 1.82) is 0 Å². The van der Waals surface area contributed by atoms with Crippen LogP contribution in [0.15, 0.2) is 22.7 Å². The van der Waals surface area contributed by atoms with Gasteiger partial charge in [0.2, 0.25) is 0 Å². The van der Waals surface area contributed by atoms with E-state index in [9.17, 15) is 5.11 Å². The molecule has 1 aliphatic heterocycles. The van der Waals surface area contributed by atoms with Crippen molar-refractivity contribution in [1.82, 2.24) is 5.32 Å². The molecule has 110 valence electrons. The van der Waals surface area contributed by atoms with Crippen molar-refractivity contribution < 1.29 is 5.11 Å². The van der Waals surface area contributed by atoms with Crippen molar-refractivity contribution in [3.63, 3.8) is 0 Å². The Balaban J connectivity index is 1.66. The van der Waals surface area contributed by atoms with Crippen LogP contribution < -0.4 is 10.2 Å². The van der Waals surface area contributed by atoms with E-state index in [1.807, 2.05) is 0 Å². The second-order valence-electron chi connectivity index (χ2n) is 6.22. The molecule has 1 saturated carbocycles. The summed E-state index contributed by atoms with van der Waals surface area (Å²) in [4.78, 5) is 2.37. The smallest absolute Gasteiger partial charge is 0.0599 e. The van der Waals surface area contributed by atoms with Crippen LogP contribution in [-0.2, 0) is 6.54 Å². The van der Waals surface area contributed by atoms with E-state index in [1.165, 1.54) is 24.1 Å². The van der Waals surface area contributed by atoms with Crippen LogP contribution in [-0.4, -0.2) is 30.3 Å². The zero-order valence-electron chi connectivity index (χ0n) is 12.0. The van der Waals surface area contributed by atoms with E-state index in [-0.39, 0.29) is 6.10 Å². The first-order valence-electron chi connectivity index (χ1n) is 7.58. The van der Waals surface area contributed by atoms with E-state index in [4.69, 9.17) is 0 Å². The van der Waals surface area contributed by atoms with Crippen LogP contribution in [0.5, 0.6) is 0 Å². The van der Waals surface area contributed by atoms with Gasteiger partial charge in [0.1, 0.15) is 0 Å². The molecular weight excluding hydrogens is 316 g/mol. The molecule has 0 radical (unpaired) electrons. The minimum atomic E-state index is -0.146. The van der Waals surface area contributed by atoms with Crippen LogP contribution in [0.3, 0.4) is 0 Å². The lowest BCUT2D eigenvalue weighted by atomic mass is 9.96. The van der Waals surface area contributed by atoms with Gasteiger partial charge in [0.25, 0.3) is 0 Å². The van der Waals surface area contributed by atoms with Gasteiger partial charge < -0.3 is 15.3 Å². The fourth-order valence-electron chi connectivity index (χ4n) is 2.82. The highest BCUT2D eigenvalue weighted by Gasteiger charge is 2.25. The zero-order valence-corrected chi connectivity index (χ0v) is 13.6. The van der Waals surface area contributed by atoms with E-state index < -0.39 is 0 Å². The number of hydrogen-bond donors (Lipinski definition) is 2. The molecule has 2 aliphatic rings. The zero-order chi connectivity index (χ0) is 14.1. The molecule has 1 heterocycles. The number of aliphatic hydroxyl groups is 1. The number of aliphatic hydroxyl groups excluding tert-OH is 1. The van der Waals surface area contributed by atoms with E-state index in [0.717, 1.165) is 36.6 Å². The molecule has 2 fully saturated rings. The molecule has 2 atom stereocenters. The molecule has 0 aromatic heterocycles. The van der Waals surface area contributed by atoms with Gasteiger partial charge in [0.05, 0.1) is 11.8 Å². The molecule has 1 saturated heterocycles. The average Bonchev–Trinajstić information content (AvgIpc) is 3.24. The molecule has 2 unspecified atom stereocenters. The van der Waals surface area contributed by atoms with Crippen LogP contribution in [0.2, 0.25) is 0 Å². The molecule has 20 heavy (non-hydrogen) atoms. The summed E-state index contributed by atoms with van der Waals surface area (Å²) in [6, 6.07) is 7.39. The Hall–Kier alpha value is -0.580. The van der Waals surface area contributed by atoms with Crippen LogP contribution in [0.1, 0.15) is 31.7 Å². The molecule has 1 aliphatic carbocycles. The first kappa shape index (κ1) is 14.4. The Morgan fingerprint density at radius 3 is 2.80 bits per heavy atom. The summed E-state index contributed by atoms with van der Waals surface area (Å²) in [6.07, 6.45) is 3.37. The fraction of sp³-hybridized carbons (Fsp3) is 0.625. The van der Waals surface area contributed by atoms with Crippen LogP contribution in [0, 0.1) is 5.92 Å². The Labute approximate surface area is 129 Å². The quantitative estimate of drug-likeness (QED) is 0.885. The molecule has 2 N–H and O–H groups in total. The third-order valence-corrected chi connectivity index (χ3v) is 5.02. The maximum atomic E-state index is 9.84. The lowest BCUT2D eigenvalue weighted by molar-refractivity contribution is 0.0970. The first-order chi connectivity index (χ1) is 9.63. The maximum Gasteiger partial charge on any atom is 0.0599 e. The number of benzene rings is 1. The average molecular weight is 339 g/mol. The van der Waals surface area contributed by atoms with E-state index >= 15 is 0 Å². The van der Waals surface area contributed by atoms with Crippen molar-refractivity contribution >= 4 is 21.6 Å². The predicted molar refractivity (Wildman–Crippen MR) is 86.0 cm³/mol. The topological polar surface area (TPSA) is 35.5 Å². The monoisotopic (exact) mass is 338 g/mol. The summed E-state index contributed by atoms with van der Waals surface area (Å²) in [5, 5.41) is 13.4. The van der Waals surface area contributed by atoms with Gasteiger partial charge in [-0.15, -0.1) is 0 Å². The first-order valence-corrected chi connectivity index (χ1v) is 8.37. The molecule has 0 spiro atoms. The third kappa shape index (κ3) is 3.35. The molecule has 4 heteroatoms. The lowest BCUT2D eigenvalue weighted by Gasteiger charge is -2.36. The standard InChI is InChI=1S/C16H23BrN2O/c1-11-10-19(7-6-16(11)20)15-5-2-12(8-14(15)17)9-18-13-3-4-13/h2,5,8,11,13,16,18,20H,3-4,6-7,9-10H2,1H3. The number of nitrogens with one attached hydrogen (secondary N) is 1. The summed E-state index contributed by atoms with van der Waals surface area (Å²) in [5.74, 6) is 0.340. The summed E-state index contributed by atoms with van der Waals surface area (Å²) in [7, 11) is 0. The van der Waals surface area contributed by atoms with E-state index in [1.54, 1.807) is 0 Å². The third-order valence-electron chi connectivity index (χ3n) is 4.38. The summed E-state index contributed by atoms with van der Waals surface area (Å²) >= 11 is 3.71. The fourth-order valence-corrected chi connectivity index (χ4v) is 3.50. The molecule has 1 aromatic rings. The number of hydrogen-bond acceptors (Lipinski definition) is 3. The lowest BCUT2D eigenvalue weighted by Crippen LogP contribution is -2.42. The normalized spacial score (nSPS) is 26.9. The van der Waals surface area contributed by atoms with E-state index in [2.05, 4.69) is 51.3 Å². The summed E-state index contributed by atoms with van der Waals surface area (Å²) in [5.41, 5.74) is 2.58. The molecule has 3 nitrogen and oxygen atoms in total. The van der Waals surface area contributed by atoms with Crippen molar-refractivity contribution in [2.24, 2.45) is 5.92 Å². The minimum absolute atomic E-state index is 0.146. The largest absolute Gasteiger partial charge is 0.393 e. The van der Waals surface area contributed by atoms with Crippen molar-refractivity contribution in [2.45, 2.75) is 44.9 Å². The van der Waals surface area contributed by atoms with E-state index in [0.29, 0.717) is 5.92 Å². The Bertz CT molecular complexity index is 476. The molecule has 1 aromatic carbocycles. The highest BCUT2D eigenvalue weighted by atomic mass is 79.9. The van der Waals surface area contributed by atoms with Crippen molar-refractivity contribution in [3.8, 4) is 0 Å². The van der Waals surface area contributed by atoms with Crippen molar-refractivity contribution in [3.05, 3.63) is 28.2 Å². The van der Waals surface area contributed by atoms with Crippen LogP contribution in [0.4, 0.5) is 5.69 Å². The Morgan fingerprint density at radius 2 is 2.15 bits per heavy atom. The van der Waals surface area contributed by atoms with Gasteiger partial charge in [-0.2, -0.15) is 0 Å². The molecular formula is C16H23BrN2O. The van der Waals surface area contributed by atoms with Gasteiger partial charge in [-0.25, -0.2) is 0 Å². The number of piperidine rings is 1. The van der Waals surface area contributed by atoms with Gasteiger partial charge in [-0.05, 0) is 58.8 Å². The summed E-state index contributed by atoms with van der Waals surface area (Å²) in [6.45, 7) is 4.94. The molecule has 0 bridgehead atoms. The minimum Gasteiger partial charge on any atom is -0.393 e. The number of halogens is 1. The van der Waals surface area contributed by atoms with Gasteiger partial charge in [0.15, 0.2) is 0 Å². The number of rotatable bonds is 4. The number of anilines is 1. The highest BCUT2D eigenvalue weighted by molar-refractivity contribution is 9.10. The summed E-state index contributed by atoms with van der Waals surface area (Å²) < 4.78 is 1.16.